The Morgan fingerprint density at radius 2 is 2.00 bits per heavy atom. The number of carboxylic acid groups (broad SMARTS) is 1. The van der Waals surface area contributed by atoms with E-state index < -0.39 is 5.97 Å². The molecule has 3 heteroatoms. The number of rotatable bonds is 1. The monoisotopic (exact) mass is 294 g/mol. The van der Waals surface area contributed by atoms with Gasteiger partial charge >= 0.3 is 5.97 Å². The fourth-order valence-electron chi connectivity index (χ4n) is 3.41. The van der Waals surface area contributed by atoms with Crippen molar-refractivity contribution >= 4 is 28.9 Å². The third kappa shape index (κ3) is 1.77. The lowest BCUT2D eigenvalue weighted by Gasteiger charge is -2.20. The van der Waals surface area contributed by atoms with Gasteiger partial charge in [-0.15, -0.1) is 11.8 Å². The SMILES string of the molecule is CC1C2=C(CSc3ccccc32)c2cc(C(=O)O)ccc21. The van der Waals surface area contributed by atoms with E-state index in [1.165, 1.54) is 27.2 Å². The molecule has 1 aliphatic carbocycles. The zero-order valence-electron chi connectivity index (χ0n) is 11.6. The number of carboxylic acids is 1. The van der Waals surface area contributed by atoms with E-state index in [1.807, 2.05) is 23.9 Å². The number of allylic oxidation sites excluding steroid dienone is 1. The zero-order valence-corrected chi connectivity index (χ0v) is 12.4. The zero-order chi connectivity index (χ0) is 14.6. The van der Waals surface area contributed by atoms with Crippen LogP contribution < -0.4 is 0 Å². The Morgan fingerprint density at radius 3 is 2.81 bits per heavy atom. The van der Waals surface area contributed by atoms with Gasteiger partial charge in [-0.25, -0.2) is 4.79 Å². The summed E-state index contributed by atoms with van der Waals surface area (Å²) in [5, 5.41) is 9.21. The van der Waals surface area contributed by atoms with Crippen LogP contribution in [0.5, 0.6) is 0 Å². The Bertz CT molecular complexity index is 805. The average molecular weight is 294 g/mol. The van der Waals surface area contributed by atoms with Crippen LogP contribution in [-0.4, -0.2) is 16.8 Å². The van der Waals surface area contributed by atoms with Crippen molar-refractivity contribution in [3.05, 3.63) is 64.7 Å². The fourth-order valence-corrected chi connectivity index (χ4v) is 4.53. The van der Waals surface area contributed by atoms with Crippen molar-refractivity contribution < 1.29 is 9.90 Å². The van der Waals surface area contributed by atoms with Crippen molar-refractivity contribution in [2.75, 3.05) is 5.75 Å². The molecule has 21 heavy (non-hydrogen) atoms. The molecule has 0 aromatic heterocycles. The second-order valence-electron chi connectivity index (χ2n) is 5.51. The lowest BCUT2D eigenvalue weighted by atomic mass is 9.92. The highest BCUT2D eigenvalue weighted by Gasteiger charge is 2.33. The molecule has 0 saturated heterocycles. The molecule has 2 nitrogen and oxygen atoms in total. The fraction of sp³-hybridized carbons (Fsp3) is 0.167. The number of hydrogen-bond acceptors (Lipinski definition) is 2. The number of hydrogen-bond donors (Lipinski definition) is 1. The quantitative estimate of drug-likeness (QED) is 0.840. The Morgan fingerprint density at radius 1 is 1.19 bits per heavy atom. The summed E-state index contributed by atoms with van der Waals surface area (Å²) < 4.78 is 0. The smallest absolute Gasteiger partial charge is 0.335 e. The second-order valence-corrected chi connectivity index (χ2v) is 6.52. The van der Waals surface area contributed by atoms with Gasteiger partial charge < -0.3 is 5.11 Å². The second kappa shape index (κ2) is 4.50. The maximum Gasteiger partial charge on any atom is 0.335 e. The average Bonchev–Trinajstić information content (AvgIpc) is 2.80. The molecule has 0 fully saturated rings. The van der Waals surface area contributed by atoms with Crippen LogP contribution in [0.2, 0.25) is 0 Å². The summed E-state index contributed by atoms with van der Waals surface area (Å²) in [5.74, 6) is 0.399. The molecular formula is C18H14O2S. The number of fused-ring (bicyclic) bond motifs is 4. The number of benzene rings is 2. The van der Waals surface area contributed by atoms with E-state index in [-0.39, 0.29) is 0 Å². The van der Waals surface area contributed by atoms with Gasteiger partial charge in [0, 0.05) is 16.6 Å². The Labute approximate surface area is 127 Å². The van der Waals surface area contributed by atoms with Crippen molar-refractivity contribution in [2.24, 2.45) is 0 Å². The van der Waals surface area contributed by atoms with Gasteiger partial charge in [0.05, 0.1) is 5.56 Å². The van der Waals surface area contributed by atoms with Gasteiger partial charge in [-0.1, -0.05) is 31.2 Å². The molecule has 1 N–H and O–H groups in total. The first kappa shape index (κ1) is 12.7. The lowest BCUT2D eigenvalue weighted by Crippen LogP contribution is -2.00. The maximum absolute atomic E-state index is 11.2. The van der Waals surface area contributed by atoms with Crippen LogP contribution in [0.3, 0.4) is 0 Å². The minimum atomic E-state index is -0.858. The first-order chi connectivity index (χ1) is 10.2. The molecule has 1 heterocycles. The van der Waals surface area contributed by atoms with Crippen molar-refractivity contribution in [2.45, 2.75) is 17.7 Å². The largest absolute Gasteiger partial charge is 0.478 e. The van der Waals surface area contributed by atoms with Crippen LogP contribution >= 0.6 is 11.8 Å². The molecule has 1 atom stereocenters. The summed E-state index contributed by atoms with van der Waals surface area (Å²) in [7, 11) is 0. The van der Waals surface area contributed by atoms with Gasteiger partial charge in [0.1, 0.15) is 0 Å². The van der Waals surface area contributed by atoms with E-state index in [1.54, 1.807) is 6.07 Å². The highest BCUT2D eigenvalue weighted by atomic mass is 32.2. The summed E-state index contributed by atoms with van der Waals surface area (Å²) in [5.41, 5.74) is 6.75. The molecule has 1 aliphatic heterocycles. The van der Waals surface area contributed by atoms with Crippen LogP contribution in [0.15, 0.2) is 47.4 Å². The van der Waals surface area contributed by atoms with Crippen molar-refractivity contribution in [3.8, 4) is 0 Å². The summed E-state index contributed by atoms with van der Waals surface area (Å²) in [6.45, 7) is 2.22. The van der Waals surface area contributed by atoms with Crippen molar-refractivity contribution in [1.29, 1.82) is 0 Å². The third-order valence-electron chi connectivity index (χ3n) is 4.40. The third-order valence-corrected chi connectivity index (χ3v) is 5.50. The van der Waals surface area contributed by atoms with E-state index in [9.17, 15) is 9.90 Å². The van der Waals surface area contributed by atoms with Gasteiger partial charge in [0.15, 0.2) is 0 Å². The molecule has 1 unspecified atom stereocenters. The highest BCUT2D eigenvalue weighted by molar-refractivity contribution is 7.99. The van der Waals surface area contributed by atoms with Gasteiger partial charge in [0.2, 0.25) is 0 Å². The predicted octanol–water partition coefficient (Wildman–Crippen LogP) is 4.52. The van der Waals surface area contributed by atoms with E-state index in [0.29, 0.717) is 11.5 Å². The summed E-state index contributed by atoms with van der Waals surface area (Å²) in [4.78, 5) is 12.5. The molecule has 4 rings (SSSR count). The molecular weight excluding hydrogens is 280 g/mol. The van der Waals surface area contributed by atoms with Crippen LogP contribution in [0, 0.1) is 0 Å². The van der Waals surface area contributed by atoms with Crippen molar-refractivity contribution in [3.63, 3.8) is 0 Å². The molecule has 0 radical (unpaired) electrons. The van der Waals surface area contributed by atoms with E-state index in [0.717, 1.165) is 11.3 Å². The topological polar surface area (TPSA) is 37.3 Å². The number of carbonyl (C=O) groups is 1. The molecule has 104 valence electrons. The number of thioether (sulfide) groups is 1. The molecule has 2 aliphatic rings. The Kier molecular flexibility index (Phi) is 2.73. The lowest BCUT2D eigenvalue weighted by molar-refractivity contribution is 0.0697. The van der Waals surface area contributed by atoms with E-state index in [4.69, 9.17) is 0 Å². The van der Waals surface area contributed by atoms with E-state index in [2.05, 4.69) is 31.2 Å². The maximum atomic E-state index is 11.2. The molecule has 0 spiro atoms. The van der Waals surface area contributed by atoms with Crippen molar-refractivity contribution in [1.82, 2.24) is 0 Å². The van der Waals surface area contributed by atoms with Gasteiger partial charge in [-0.05, 0) is 46.0 Å². The number of aromatic carboxylic acids is 1. The summed E-state index contributed by atoms with van der Waals surface area (Å²) in [6, 6.07) is 14.0. The minimum absolute atomic E-state index is 0.333. The van der Waals surface area contributed by atoms with E-state index >= 15 is 0 Å². The highest BCUT2D eigenvalue weighted by Crippen LogP contribution is 2.53. The minimum Gasteiger partial charge on any atom is -0.478 e. The molecule has 0 bridgehead atoms. The van der Waals surface area contributed by atoms with Crippen LogP contribution in [0.25, 0.3) is 11.1 Å². The van der Waals surface area contributed by atoms with Gasteiger partial charge in [0.25, 0.3) is 0 Å². The molecule has 0 amide bonds. The van der Waals surface area contributed by atoms with Crippen LogP contribution in [0.4, 0.5) is 0 Å². The Hall–Kier alpha value is -2.00. The van der Waals surface area contributed by atoms with Crippen LogP contribution in [0.1, 0.15) is 39.9 Å². The summed E-state index contributed by atoms with van der Waals surface area (Å²) >= 11 is 1.84. The first-order valence-electron chi connectivity index (χ1n) is 6.99. The predicted molar refractivity (Wildman–Crippen MR) is 85.8 cm³/mol. The summed E-state index contributed by atoms with van der Waals surface area (Å²) in [6.07, 6.45) is 0. The van der Waals surface area contributed by atoms with Crippen LogP contribution in [-0.2, 0) is 0 Å². The van der Waals surface area contributed by atoms with Gasteiger partial charge in [-0.3, -0.25) is 0 Å². The Balaban J connectivity index is 1.94. The normalized spacial score (nSPS) is 19.0. The standard InChI is InChI=1S/C18H14O2S/c1-10-12-7-6-11(18(19)20)8-14(12)15-9-21-16-5-3-2-4-13(16)17(10)15/h2-8,10H,9H2,1H3,(H,19,20). The molecule has 0 saturated carbocycles. The molecule has 2 aromatic carbocycles. The van der Waals surface area contributed by atoms with Gasteiger partial charge in [-0.2, -0.15) is 0 Å². The first-order valence-corrected chi connectivity index (χ1v) is 7.98. The molecule has 2 aromatic rings.